The maximum atomic E-state index is 5.26. The van der Waals surface area contributed by atoms with Crippen LogP contribution in [0, 0.1) is 6.92 Å². The van der Waals surface area contributed by atoms with Crippen LogP contribution in [0.2, 0.25) is 0 Å². The smallest absolute Gasteiger partial charge is 0.170 e. The molecule has 0 aliphatic carbocycles. The molecule has 0 aromatic heterocycles. The quantitative estimate of drug-likeness (QED) is 0.783. The third-order valence-corrected chi connectivity index (χ3v) is 2.71. The molecule has 88 valence electrons. The van der Waals surface area contributed by atoms with Crippen LogP contribution in [0.5, 0.6) is 0 Å². The SMILES string of the molecule is CCC[C@@H](C)NC(=S)Nc1ccccc1C. The van der Waals surface area contributed by atoms with Gasteiger partial charge < -0.3 is 10.6 Å². The number of hydrogen-bond donors (Lipinski definition) is 2. The van der Waals surface area contributed by atoms with E-state index in [1.54, 1.807) is 0 Å². The van der Waals surface area contributed by atoms with E-state index in [2.05, 4.69) is 37.5 Å². The Kier molecular flexibility index (Phi) is 5.26. The van der Waals surface area contributed by atoms with Crippen LogP contribution in [0.1, 0.15) is 32.3 Å². The van der Waals surface area contributed by atoms with Crippen LogP contribution in [-0.2, 0) is 0 Å². The fourth-order valence-corrected chi connectivity index (χ4v) is 1.91. The third kappa shape index (κ3) is 4.19. The molecule has 2 nitrogen and oxygen atoms in total. The van der Waals surface area contributed by atoms with Gasteiger partial charge >= 0.3 is 0 Å². The van der Waals surface area contributed by atoms with Crippen molar-refractivity contribution in [3.63, 3.8) is 0 Å². The molecule has 0 fully saturated rings. The summed E-state index contributed by atoms with van der Waals surface area (Å²) < 4.78 is 0. The monoisotopic (exact) mass is 236 g/mol. The van der Waals surface area contributed by atoms with Gasteiger partial charge in [0.25, 0.3) is 0 Å². The number of aryl methyl sites for hydroxylation is 1. The van der Waals surface area contributed by atoms with Gasteiger partial charge in [-0.25, -0.2) is 0 Å². The van der Waals surface area contributed by atoms with Crippen LogP contribution >= 0.6 is 12.2 Å². The predicted octanol–water partition coefficient (Wildman–Crippen LogP) is 3.47. The van der Waals surface area contributed by atoms with Gasteiger partial charge in [-0.1, -0.05) is 31.5 Å². The van der Waals surface area contributed by atoms with Crippen molar-refractivity contribution in [3.8, 4) is 0 Å². The first kappa shape index (κ1) is 13.0. The molecule has 0 unspecified atom stereocenters. The molecule has 3 heteroatoms. The molecular weight excluding hydrogens is 216 g/mol. The average molecular weight is 236 g/mol. The lowest BCUT2D eigenvalue weighted by atomic mass is 10.2. The molecule has 16 heavy (non-hydrogen) atoms. The second-order valence-corrected chi connectivity index (χ2v) is 4.51. The first-order valence-electron chi connectivity index (χ1n) is 5.76. The fraction of sp³-hybridized carbons (Fsp3) is 0.462. The maximum Gasteiger partial charge on any atom is 0.170 e. The summed E-state index contributed by atoms with van der Waals surface area (Å²) in [6.45, 7) is 6.39. The van der Waals surface area contributed by atoms with E-state index in [9.17, 15) is 0 Å². The highest BCUT2D eigenvalue weighted by atomic mass is 32.1. The highest BCUT2D eigenvalue weighted by Gasteiger charge is 2.04. The molecule has 0 amide bonds. The Hall–Kier alpha value is -1.09. The summed E-state index contributed by atoms with van der Waals surface area (Å²) in [4.78, 5) is 0. The number of thiocarbonyl (C=S) groups is 1. The van der Waals surface area contributed by atoms with E-state index in [-0.39, 0.29) is 0 Å². The second kappa shape index (κ2) is 6.48. The lowest BCUT2D eigenvalue weighted by molar-refractivity contribution is 0.599. The van der Waals surface area contributed by atoms with Gasteiger partial charge in [0.05, 0.1) is 0 Å². The van der Waals surface area contributed by atoms with E-state index >= 15 is 0 Å². The van der Waals surface area contributed by atoms with Crippen molar-refractivity contribution in [1.29, 1.82) is 0 Å². The normalized spacial score (nSPS) is 11.9. The molecule has 0 heterocycles. The van der Waals surface area contributed by atoms with Gasteiger partial charge in [0.1, 0.15) is 0 Å². The van der Waals surface area contributed by atoms with Crippen molar-refractivity contribution in [3.05, 3.63) is 29.8 Å². The number of para-hydroxylation sites is 1. The Labute approximate surface area is 103 Å². The van der Waals surface area contributed by atoms with E-state index in [0.717, 1.165) is 12.1 Å². The number of nitrogens with one attached hydrogen (secondary N) is 2. The highest BCUT2D eigenvalue weighted by Crippen LogP contribution is 2.12. The maximum absolute atomic E-state index is 5.26. The first-order valence-corrected chi connectivity index (χ1v) is 6.17. The Bertz CT molecular complexity index is 350. The molecule has 1 aromatic carbocycles. The number of benzene rings is 1. The molecule has 0 aliphatic rings. The van der Waals surface area contributed by atoms with Crippen LogP contribution in [0.25, 0.3) is 0 Å². The van der Waals surface area contributed by atoms with E-state index < -0.39 is 0 Å². The van der Waals surface area contributed by atoms with Crippen LogP contribution in [0.4, 0.5) is 5.69 Å². The lowest BCUT2D eigenvalue weighted by Crippen LogP contribution is -2.35. The van der Waals surface area contributed by atoms with Crippen molar-refractivity contribution < 1.29 is 0 Å². The van der Waals surface area contributed by atoms with Gasteiger partial charge in [0.15, 0.2) is 5.11 Å². The van der Waals surface area contributed by atoms with Crippen molar-refractivity contribution in [2.24, 2.45) is 0 Å². The summed E-state index contributed by atoms with van der Waals surface area (Å²) in [5.74, 6) is 0. The Morgan fingerprint density at radius 3 is 2.69 bits per heavy atom. The van der Waals surface area contributed by atoms with Gasteiger partial charge in [-0.05, 0) is 44.1 Å². The largest absolute Gasteiger partial charge is 0.360 e. The molecular formula is C13H20N2S. The zero-order valence-corrected chi connectivity index (χ0v) is 11.0. The molecule has 0 radical (unpaired) electrons. The van der Waals surface area contributed by atoms with E-state index in [0.29, 0.717) is 11.2 Å². The molecule has 0 saturated heterocycles. The summed E-state index contributed by atoms with van der Waals surface area (Å²) in [7, 11) is 0. The summed E-state index contributed by atoms with van der Waals surface area (Å²) in [6.07, 6.45) is 2.30. The lowest BCUT2D eigenvalue weighted by Gasteiger charge is -2.17. The topological polar surface area (TPSA) is 24.1 Å². The number of anilines is 1. The third-order valence-electron chi connectivity index (χ3n) is 2.49. The zero-order chi connectivity index (χ0) is 12.0. The van der Waals surface area contributed by atoms with Crippen LogP contribution in [-0.4, -0.2) is 11.2 Å². The zero-order valence-electron chi connectivity index (χ0n) is 10.2. The predicted molar refractivity (Wildman–Crippen MR) is 74.9 cm³/mol. The Morgan fingerprint density at radius 2 is 2.06 bits per heavy atom. The first-order chi connectivity index (χ1) is 7.63. The summed E-state index contributed by atoms with van der Waals surface area (Å²) in [6, 6.07) is 8.56. The molecule has 0 bridgehead atoms. The summed E-state index contributed by atoms with van der Waals surface area (Å²) >= 11 is 5.26. The molecule has 1 aromatic rings. The number of rotatable bonds is 4. The van der Waals surface area contributed by atoms with Gasteiger partial charge in [0, 0.05) is 11.7 Å². The summed E-state index contributed by atoms with van der Waals surface area (Å²) in [5.41, 5.74) is 2.28. The van der Waals surface area contributed by atoms with Gasteiger partial charge in [-0.3, -0.25) is 0 Å². The van der Waals surface area contributed by atoms with Crippen LogP contribution < -0.4 is 10.6 Å². The van der Waals surface area contributed by atoms with Crippen molar-refractivity contribution in [2.45, 2.75) is 39.7 Å². The standard InChI is InChI=1S/C13H20N2S/c1-4-7-11(3)14-13(16)15-12-9-6-5-8-10(12)2/h5-6,8-9,11H,4,7H2,1-3H3,(H2,14,15,16)/t11-/m1/s1. The minimum Gasteiger partial charge on any atom is -0.360 e. The van der Waals surface area contributed by atoms with Crippen molar-refractivity contribution in [1.82, 2.24) is 5.32 Å². The van der Waals surface area contributed by atoms with Gasteiger partial charge in [-0.2, -0.15) is 0 Å². The van der Waals surface area contributed by atoms with Crippen LogP contribution in [0.15, 0.2) is 24.3 Å². The van der Waals surface area contributed by atoms with Crippen LogP contribution in [0.3, 0.4) is 0 Å². The second-order valence-electron chi connectivity index (χ2n) is 4.10. The average Bonchev–Trinajstić information content (AvgIpc) is 2.21. The molecule has 0 aliphatic heterocycles. The molecule has 2 N–H and O–H groups in total. The molecule has 0 spiro atoms. The fourth-order valence-electron chi connectivity index (χ4n) is 1.60. The minimum atomic E-state index is 0.425. The highest BCUT2D eigenvalue weighted by molar-refractivity contribution is 7.80. The number of hydrogen-bond acceptors (Lipinski definition) is 1. The molecule has 1 atom stereocenters. The van der Waals surface area contributed by atoms with Gasteiger partial charge in [-0.15, -0.1) is 0 Å². The van der Waals surface area contributed by atoms with E-state index in [4.69, 9.17) is 12.2 Å². The van der Waals surface area contributed by atoms with E-state index in [1.807, 2.05) is 18.2 Å². The summed E-state index contributed by atoms with van der Waals surface area (Å²) in [5, 5.41) is 7.20. The molecule has 0 saturated carbocycles. The van der Waals surface area contributed by atoms with Crippen molar-refractivity contribution in [2.75, 3.05) is 5.32 Å². The van der Waals surface area contributed by atoms with Gasteiger partial charge in [0.2, 0.25) is 0 Å². The van der Waals surface area contributed by atoms with Crippen molar-refractivity contribution >= 4 is 23.0 Å². The minimum absolute atomic E-state index is 0.425. The van der Waals surface area contributed by atoms with E-state index in [1.165, 1.54) is 12.0 Å². The Balaban J connectivity index is 2.49. The Morgan fingerprint density at radius 1 is 1.38 bits per heavy atom. The molecule has 1 rings (SSSR count).